The number of amides is 1. The predicted molar refractivity (Wildman–Crippen MR) is 78.4 cm³/mol. The average Bonchev–Trinajstić information content (AvgIpc) is 2.89. The van der Waals surface area contributed by atoms with Gasteiger partial charge in [-0.3, -0.25) is 14.4 Å². The molecule has 0 aromatic heterocycles. The molecule has 1 aromatic rings. The third-order valence-electron chi connectivity index (χ3n) is 3.69. The molecule has 1 aliphatic rings. The van der Waals surface area contributed by atoms with Crippen LogP contribution in [0.25, 0.3) is 0 Å². The molecule has 0 fully saturated rings. The van der Waals surface area contributed by atoms with Gasteiger partial charge in [-0.05, 0) is 36.6 Å². The van der Waals surface area contributed by atoms with Gasteiger partial charge in [0.1, 0.15) is 0 Å². The van der Waals surface area contributed by atoms with E-state index in [9.17, 15) is 14.4 Å². The monoisotopic (exact) mass is 289 g/mol. The molecule has 1 amide bonds. The minimum absolute atomic E-state index is 0.0166. The molecular formula is C16H19NO4. The van der Waals surface area contributed by atoms with Crippen molar-refractivity contribution < 1.29 is 19.1 Å². The highest BCUT2D eigenvalue weighted by molar-refractivity contribution is 5.99. The minimum Gasteiger partial charge on any atom is -0.469 e. The lowest BCUT2D eigenvalue weighted by Gasteiger charge is -2.14. The van der Waals surface area contributed by atoms with E-state index < -0.39 is 0 Å². The Hall–Kier alpha value is -2.17. The van der Waals surface area contributed by atoms with Crippen LogP contribution in [0.2, 0.25) is 0 Å². The lowest BCUT2D eigenvalue weighted by Crippen LogP contribution is -2.25. The fraction of sp³-hybridized carbons (Fsp3) is 0.438. The van der Waals surface area contributed by atoms with E-state index in [0.717, 1.165) is 17.7 Å². The Morgan fingerprint density at radius 3 is 2.67 bits per heavy atom. The van der Waals surface area contributed by atoms with Crippen molar-refractivity contribution in [1.82, 2.24) is 0 Å². The Balaban J connectivity index is 2.01. The van der Waals surface area contributed by atoms with Gasteiger partial charge >= 0.3 is 5.97 Å². The van der Waals surface area contributed by atoms with Crippen LogP contribution in [0.4, 0.5) is 5.69 Å². The molecule has 21 heavy (non-hydrogen) atoms. The Bertz CT molecular complexity index is 580. The van der Waals surface area contributed by atoms with Crippen molar-refractivity contribution in [3.8, 4) is 0 Å². The van der Waals surface area contributed by atoms with Gasteiger partial charge in [0.2, 0.25) is 5.91 Å². The van der Waals surface area contributed by atoms with E-state index in [1.54, 1.807) is 17.9 Å². The molecule has 0 aliphatic carbocycles. The number of benzene rings is 1. The molecule has 0 atom stereocenters. The first-order valence-electron chi connectivity index (χ1n) is 7.04. The molecule has 0 spiro atoms. The summed E-state index contributed by atoms with van der Waals surface area (Å²) < 4.78 is 4.54. The van der Waals surface area contributed by atoms with Crippen molar-refractivity contribution in [1.29, 1.82) is 0 Å². The van der Waals surface area contributed by atoms with Crippen LogP contribution in [0.15, 0.2) is 18.2 Å². The van der Waals surface area contributed by atoms with Crippen molar-refractivity contribution in [2.45, 2.75) is 32.6 Å². The highest BCUT2D eigenvalue weighted by atomic mass is 16.5. The predicted octanol–water partition coefficient (Wildman–Crippen LogP) is 2.12. The largest absolute Gasteiger partial charge is 0.469 e. The first-order valence-corrected chi connectivity index (χ1v) is 7.04. The second-order valence-electron chi connectivity index (χ2n) is 5.12. The van der Waals surface area contributed by atoms with Crippen LogP contribution in [-0.4, -0.2) is 31.3 Å². The van der Waals surface area contributed by atoms with E-state index in [1.807, 2.05) is 12.1 Å². The topological polar surface area (TPSA) is 63.7 Å². The third kappa shape index (κ3) is 3.48. The summed E-state index contributed by atoms with van der Waals surface area (Å²) in [6, 6.07) is 5.44. The minimum atomic E-state index is -0.297. The van der Waals surface area contributed by atoms with E-state index in [4.69, 9.17) is 0 Å². The molecule has 5 heteroatoms. The summed E-state index contributed by atoms with van der Waals surface area (Å²) in [5, 5.41) is 0. The number of fused-ring (bicyclic) bond motifs is 1. The normalized spacial score (nSPS) is 13.0. The molecule has 2 rings (SSSR count). The lowest BCUT2D eigenvalue weighted by molar-refractivity contribution is -0.140. The maximum atomic E-state index is 12.1. The van der Waals surface area contributed by atoms with Gasteiger partial charge in [-0.25, -0.2) is 0 Å². The first-order chi connectivity index (χ1) is 10.0. The van der Waals surface area contributed by atoms with Gasteiger partial charge in [-0.2, -0.15) is 0 Å². The molecule has 0 unspecified atom stereocenters. The molecule has 0 radical (unpaired) electrons. The number of methoxy groups -OCH3 is 1. The second kappa shape index (κ2) is 6.52. The molecule has 1 aliphatic heterocycles. The summed E-state index contributed by atoms with van der Waals surface area (Å²) in [4.78, 5) is 36.3. The van der Waals surface area contributed by atoms with Gasteiger partial charge in [0.15, 0.2) is 5.78 Å². The second-order valence-corrected chi connectivity index (χ2v) is 5.12. The van der Waals surface area contributed by atoms with Crippen molar-refractivity contribution in [2.75, 3.05) is 18.6 Å². The van der Waals surface area contributed by atoms with Gasteiger partial charge < -0.3 is 9.64 Å². The molecule has 0 saturated heterocycles. The fourth-order valence-corrected chi connectivity index (χ4v) is 2.54. The summed E-state index contributed by atoms with van der Waals surface area (Å²) in [7, 11) is 1.34. The number of esters is 1. The standard InChI is InChI=1S/C16H19NO4/c1-11(18)17-9-8-12-10-13(6-7-14(12)17)15(19)4-3-5-16(20)21-2/h6-7,10H,3-5,8-9H2,1-2H3. The summed E-state index contributed by atoms with van der Waals surface area (Å²) in [5.41, 5.74) is 2.57. The van der Waals surface area contributed by atoms with Gasteiger partial charge in [-0.1, -0.05) is 0 Å². The van der Waals surface area contributed by atoms with Crippen LogP contribution in [0, 0.1) is 0 Å². The number of anilines is 1. The Kier molecular flexibility index (Phi) is 4.73. The SMILES string of the molecule is COC(=O)CCCC(=O)c1ccc2c(c1)CCN2C(C)=O. The number of nitrogens with zero attached hydrogens (tertiary/aromatic N) is 1. The molecule has 1 heterocycles. The molecule has 0 N–H and O–H groups in total. The Morgan fingerprint density at radius 2 is 2.00 bits per heavy atom. The maximum absolute atomic E-state index is 12.1. The van der Waals surface area contributed by atoms with Gasteiger partial charge in [0, 0.05) is 37.6 Å². The molecular weight excluding hydrogens is 270 g/mol. The van der Waals surface area contributed by atoms with E-state index in [1.165, 1.54) is 7.11 Å². The molecule has 0 saturated carbocycles. The maximum Gasteiger partial charge on any atom is 0.305 e. The van der Waals surface area contributed by atoms with E-state index in [2.05, 4.69) is 4.74 Å². The molecule has 112 valence electrons. The number of hydrogen-bond acceptors (Lipinski definition) is 4. The highest BCUT2D eigenvalue weighted by Crippen LogP contribution is 2.29. The van der Waals surface area contributed by atoms with Crippen LogP contribution in [0.1, 0.15) is 42.1 Å². The van der Waals surface area contributed by atoms with Crippen molar-refractivity contribution in [3.05, 3.63) is 29.3 Å². The number of ketones is 1. The Labute approximate surface area is 123 Å². The zero-order valence-corrected chi connectivity index (χ0v) is 12.3. The van der Waals surface area contributed by atoms with Gasteiger partial charge in [0.05, 0.1) is 7.11 Å². The third-order valence-corrected chi connectivity index (χ3v) is 3.69. The van der Waals surface area contributed by atoms with Crippen LogP contribution in [-0.2, 0) is 20.7 Å². The number of ether oxygens (including phenoxy) is 1. The van der Waals surface area contributed by atoms with Crippen molar-refractivity contribution in [3.63, 3.8) is 0 Å². The average molecular weight is 289 g/mol. The van der Waals surface area contributed by atoms with Crippen LogP contribution < -0.4 is 4.90 Å². The van der Waals surface area contributed by atoms with Crippen molar-refractivity contribution >= 4 is 23.3 Å². The highest BCUT2D eigenvalue weighted by Gasteiger charge is 2.23. The lowest BCUT2D eigenvalue weighted by atomic mass is 10.0. The zero-order valence-electron chi connectivity index (χ0n) is 12.3. The summed E-state index contributed by atoms with van der Waals surface area (Å²) >= 11 is 0. The summed E-state index contributed by atoms with van der Waals surface area (Å²) in [6.07, 6.45) is 1.84. The smallest absolute Gasteiger partial charge is 0.305 e. The van der Waals surface area contributed by atoms with E-state index in [-0.39, 0.29) is 24.1 Å². The zero-order chi connectivity index (χ0) is 15.4. The first kappa shape index (κ1) is 15.2. The Morgan fingerprint density at radius 1 is 1.24 bits per heavy atom. The quantitative estimate of drug-likeness (QED) is 0.615. The van der Waals surface area contributed by atoms with Crippen molar-refractivity contribution in [2.24, 2.45) is 0 Å². The van der Waals surface area contributed by atoms with E-state index in [0.29, 0.717) is 24.9 Å². The van der Waals surface area contributed by atoms with Crippen LogP contribution in [0.5, 0.6) is 0 Å². The summed E-state index contributed by atoms with van der Waals surface area (Å²) in [6.45, 7) is 2.21. The number of rotatable bonds is 5. The number of Topliss-reactive ketones (excluding diaryl/α,β-unsaturated/α-hetero) is 1. The van der Waals surface area contributed by atoms with E-state index >= 15 is 0 Å². The van der Waals surface area contributed by atoms with Crippen LogP contribution >= 0.6 is 0 Å². The molecule has 5 nitrogen and oxygen atoms in total. The summed E-state index contributed by atoms with van der Waals surface area (Å²) in [5.74, 6) is -0.261. The van der Waals surface area contributed by atoms with Gasteiger partial charge in [0.25, 0.3) is 0 Å². The van der Waals surface area contributed by atoms with Crippen LogP contribution in [0.3, 0.4) is 0 Å². The number of carbonyl (C=O) groups is 3. The fourth-order valence-electron chi connectivity index (χ4n) is 2.54. The van der Waals surface area contributed by atoms with Gasteiger partial charge in [-0.15, -0.1) is 0 Å². The number of carbonyl (C=O) groups excluding carboxylic acids is 3. The molecule has 0 bridgehead atoms. The number of hydrogen-bond donors (Lipinski definition) is 0. The molecule has 1 aromatic carbocycles.